The number of nitrogens with one attached hydrogen (secondary N) is 2. The Morgan fingerprint density at radius 3 is 2.50 bits per heavy atom. The molecule has 0 spiro atoms. The lowest BCUT2D eigenvalue weighted by Gasteiger charge is -2.31. The Kier molecular flexibility index (Phi) is 9.32. The maximum absolute atomic E-state index is 5.23. The van der Waals surface area contributed by atoms with E-state index in [1.807, 2.05) is 12.1 Å². The van der Waals surface area contributed by atoms with Crippen molar-refractivity contribution < 1.29 is 4.74 Å². The van der Waals surface area contributed by atoms with Crippen LogP contribution < -0.4 is 15.4 Å². The minimum absolute atomic E-state index is 0.698. The van der Waals surface area contributed by atoms with Gasteiger partial charge < -0.3 is 15.4 Å². The molecule has 26 heavy (non-hydrogen) atoms. The molecule has 1 aromatic carbocycles. The van der Waals surface area contributed by atoms with Gasteiger partial charge in [-0.25, -0.2) is 0 Å². The summed E-state index contributed by atoms with van der Waals surface area (Å²) in [5.74, 6) is 2.60. The number of hydrogen-bond acceptors (Lipinski definition) is 3. The van der Waals surface area contributed by atoms with E-state index in [9.17, 15) is 0 Å². The van der Waals surface area contributed by atoms with Crippen LogP contribution in [0.4, 0.5) is 0 Å². The highest BCUT2D eigenvalue weighted by molar-refractivity contribution is 5.79. The third-order valence-corrected chi connectivity index (χ3v) is 4.95. The highest BCUT2D eigenvalue weighted by atomic mass is 16.5. The Labute approximate surface area is 159 Å². The first-order valence-corrected chi connectivity index (χ1v) is 10.1. The highest BCUT2D eigenvalue weighted by Gasteiger charge is 2.19. The first-order valence-electron chi connectivity index (χ1n) is 10.1. The summed E-state index contributed by atoms with van der Waals surface area (Å²) in [4.78, 5) is 7.35. The van der Waals surface area contributed by atoms with Crippen LogP contribution in [0.2, 0.25) is 0 Å². The predicted octanol–water partition coefficient (Wildman–Crippen LogP) is 3.26. The van der Waals surface area contributed by atoms with Gasteiger partial charge in [0.2, 0.25) is 0 Å². The number of rotatable bonds is 9. The topological polar surface area (TPSA) is 48.9 Å². The van der Waals surface area contributed by atoms with Crippen LogP contribution in [-0.4, -0.2) is 50.7 Å². The van der Waals surface area contributed by atoms with Gasteiger partial charge in [-0.15, -0.1) is 0 Å². The van der Waals surface area contributed by atoms with Gasteiger partial charge in [0.1, 0.15) is 5.75 Å². The first-order chi connectivity index (χ1) is 12.7. The molecule has 0 aromatic heterocycles. The Morgan fingerprint density at radius 1 is 1.15 bits per heavy atom. The van der Waals surface area contributed by atoms with E-state index in [2.05, 4.69) is 41.5 Å². The average molecular weight is 361 g/mol. The molecule has 0 saturated carbocycles. The summed E-state index contributed by atoms with van der Waals surface area (Å²) < 4.78 is 5.23. The van der Waals surface area contributed by atoms with Crippen molar-refractivity contribution in [2.24, 2.45) is 10.9 Å². The van der Waals surface area contributed by atoms with E-state index in [1.165, 1.54) is 31.2 Å². The molecule has 5 heteroatoms. The number of benzene rings is 1. The van der Waals surface area contributed by atoms with Gasteiger partial charge in [0.05, 0.1) is 7.11 Å². The summed E-state index contributed by atoms with van der Waals surface area (Å²) in [6, 6.07) is 8.43. The zero-order chi connectivity index (χ0) is 18.6. The second-order valence-corrected chi connectivity index (χ2v) is 7.07. The molecule has 1 fully saturated rings. The van der Waals surface area contributed by atoms with Crippen LogP contribution in [-0.2, 0) is 6.54 Å². The number of piperidine rings is 1. The van der Waals surface area contributed by atoms with Crippen LogP contribution in [0.1, 0.15) is 45.1 Å². The Balaban J connectivity index is 1.73. The summed E-state index contributed by atoms with van der Waals surface area (Å²) in [5.41, 5.74) is 1.36. The second kappa shape index (κ2) is 11.8. The summed E-state index contributed by atoms with van der Waals surface area (Å²) in [5, 5.41) is 6.78. The lowest BCUT2D eigenvalue weighted by atomic mass is 9.96. The molecular weight excluding hydrogens is 324 g/mol. The molecule has 0 bridgehead atoms. The standard InChI is InChI=1S/C21H36N4O/c1-4-6-13-23-21(22-5-2)24-16-18-11-14-25(15-12-18)17-19-7-9-20(26-3)10-8-19/h7-10,18H,4-6,11-17H2,1-3H3,(H2,22,23,24). The fourth-order valence-corrected chi connectivity index (χ4v) is 3.26. The van der Waals surface area contributed by atoms with Crippen molar-refractivity contribution in [1.29, 1.82) is 0 Å². The van der Waals surface area contributed by atoms with Gasteiger partial charge in [0, 0.05) is 26.2 Å². The lowest BCUT2D eigenvalue weighted by molar-refractivity contribution is 0.180. The predicted molar refractivity (Wildman–Crippen MR) is 110 cm³/mol. The van der Waals surface area contributed by atoms with Crippen LogP contribution in [0.5, 0.6) is 5.75 Å². The molecule has 1 heterocycles. The van der Waals surface area contributed by atoms with Crippen LogP contribution in [0.25, 0.3) is 0 Å². The van der Waals surface area contributed by atoms with E-state index >= 15 is 0 Å². The summed E-state index contributed by atoms with van der Waals surface area (Å²) in [6.45, 7) is 10.5. The molecule has 0 amide bonds. The fraction of sp³-hybridized carbons (Fsp3) is 0.667. The maximum Gasteiger partial charge on any atom is 0.191 e. The van der Waals surface area contributed by atoms with Crippen LogP contribution in [0.3, 0.4) is 0 Å². The molecule has 0 atom stereocenters. The second-order valence-electron chi connectivity index (χ2n) is 7.07. The number of likely N-dealkylation sites (tertiary alicyclic amines) is 1. The summed E-state index contributed by atoms with van der Waals surface area (Å²) >= 11 is 0. The molecule has 5 nitrogen and oxygen atoms in total. The molecule has 1 aliphatic rings. The smallest absolute Gasteiger partial charge is 0.191 e. The zero-order valence-corrected chi connectivity index (χ0v) is 16.8. The van der Waals surface area contributed by atoms with Crippen molar-refractivity contribution >= 4 is 5.96 Å². The Bertz CT molecular complexity index is 521. The fourth-order valence-electron chi connectivity index (χ4n) is 3.26. The average Bonchev–Trinajstić information content (AvgIpc) is 2.68. The van der Waals surface area contributed by atoms with Gasteiger partial charge in [-0.3, -0.25) is 9.89 Å². The first kappa shape index (κ1) is 20.6. The van der Waals surface area contributed by atoms with Crippen LogP contribution in [0, 0.1) is 5.92 Å². The monoisotopic (exact) mass is 360 g/mol. The van der Waals surface area contributed by atoms with Gasteiger partial charge in [-0.2, -0.15) is 0 Å². The molecule has 2 N–H and O–H groups in total. The molecule has 1 aromatic rings. The summed E-state index contributed by atoms with van der Waals surface area (Å²) in [6.07, 6.45) is 4.86. The quantitative estimate of drug-likeness (QED) is 0.403. The van der Waals surface area contributed by atoms with Crippen molar-refractivity contribution in [1.82, 2.24) is 15.5 Å². The maximum atomic E-state index is 5.23. The molecule has 0 radical (unpaired) electrons. The van der Waals surface area contributed by atoms with E-state index in [0.717, 1.165) is 51.0 Å². The normalized spacial score (nSPS) is 16.5. The van der Waals surface area contributed by atoms with Gasteiger partial charge in [0.15, 0.2) is 5.96 Å². The van der Waals surface area contributed by atoms with E-state index < -0.39 is 0 Å². The number of hydrogen-bond donors (Lipinski definition) is 2. The number of nitrogens with zero attached hydrogens (tertiary/aromatic N) is 2. The van der Waals surface area contributed by atoms with E-state index in [1.54, 1.807) is 7.11 Å². The van der Waals surface area contributed by atoms with Crippen molar-refractivity contribution in [3.63, 3.8) is 0 Å². The van der Waals surface area contributed by atoms with Gasteiger partial charge in [-0.05, 0) is 62.9 Å². The third kappa shape index (κ3) is 7.24. The van der Waals surface area contributed by atoms with Crippen molar-refractivity contribution in [2.75, 3.05) is 39.8 Å². The minimum atomic E-state index is 0.698. The number of unbranched alkanes of at least 4 members (excludes halogenated alkanes) is 1. The molecular formula is C21H36N4O. The van der Waals surface area contributed by atoms with E-state index in [4.69, 9.17) is 9.73 Å². The third-order valence-electron chi connectivity index (χ3n) is 4.95. The van der Waals surface area contributed by atoms with Crippen molar-refractivity contribution in [3.8, 4) is 5.75 Å². The summed E-state index contributed by atoms with van der Waals surface area (Å²) in [7, 11) is 1.71. The molecule has 1 saturated heterocycles. The zero-order valence-electron chi connectivity index (χ0n) is 16.8. The van der Waals surface area contributed by atoms with Crippen LogP contribution >= 0.6 is 0 Å². The van der Waals surface area contributed by atoms with Crippen LogP contribution in [0.15, 0.2) is 29.3 Å². The molecule has 0 aliphatic carbocycles. The van der Waals surface area contributed by atoms with E-state index in [0.29, 0.717) is 5.92 Å². The number of ether oxygens (including phenoxy) is 1. The Morgan fingerprint density at radius 2 is 1.88 bits per heavy atom. The van der Waals surface area contributed by atoms with E-state index in [-0.39, 0.29) is 0 Å². The Hall–Kier alpha value is -1.75. The highest BCUT2D eigenvalue weighted by Crippen LogP contribution is 2.20. The molecule has 146 valence electrons. The van der Waals surface area contributed by atoms with Crippen molar-refractivity contribution in [3.05, 3.63) is 29.8 Å². The number of methoxy groups -OCH3 is 1. The molecule has 2 rings (SSSR count). The van der Waals surface area contributed by atoms with Gasteiger partial charge >= 0.3 is 0 Å². The molecule has 1 aliphatic heterocycles. The van der Waals surface area contributed by atoms with Gasteiger partial charge in [-0.1, -0.05) is 25.5 Å². The number of guanidine groups is 1. The van der Waals surface area contributed by atoms with Crippen molar-refractivity contribution in [2.45, 2.75) is 46.1 Å². The van der Waals surface area contributed by atoms with Gasteiger partial charge in [0.25, 0.3) is 0 Å². The lowest BCUT2D eigenvalue weighted by Crippen LogP contribution is -2.39. The minimum Gasteiger partial charge on any atom is -0.497 e. The SMILES string of the molecule is CCCCNC(=NCC1CCN(Cc2ccc(OC)cc2)CC1)NCC. The number of aliphatic imine (C=N–C) groups is 1. The molecule has 0 unspecified atom stereocenters. The largest absolute Gasteiger partial charge is 0.497 e.